The van der Waals surface area contributed by atoms with Crippen LogP contribution in [0.25, 0.3) is 0 Å². The zero-order valence-electron chi connectivity index (χ0n) is 14.2. The van der Waals surface area contributed by atoms with Gasteiger partial charge in [-0.25, -0.2) is 4.39 Å². The van der Waals surface area contributed by atoms with Crippen LogP contribution in [0.3, 0.4) is 0 Å². The van der Waals surface area contributed by atoms with Crippen molar-refractivity contribution in [1.82, 2.24) is 5.32 Å². The van der Waals surface area contributed by atoms with Gasteiger partial charge in [0.25, 0.3) is 0 Å². The molecule has 130 valence electrons. The summed E-state index contributed by atoms with van der Waals surface area (Å²) in [6.45, 7) is 2.56. The minimum absolute atomic E-state index is 0.00203. The van der Waals surface area contributed by atoms with Gasteiger partial charge in [-0.1, -0.05) is 17.7 Å². The zero-order valence-corrected chi connectivity index (χ0v) is 14.9. The Balaban J connectivity index is 2.14. The highest BCUT2D eigenvalue weighted by Crippen LogP contribution is 2.38. The van der Waals surface area contributed by atoms with Gasteiger partial charge in [0, 0.05) is 12.6 Å². The quantitative estimate of drug-likeness (QED) is 0.803. The molecule has 1 unspecified atom stereocenters. The molecule has 0 heterocycles. The Bertz CT molecular complexity index is 684. The van der Waals surface area contributed by atoms with E-state index < -0.39 is 5.82 Å². The summed E-state index contributed by atoms with van der Waals surface area (Å²) >= 11 is 5.84. The van der Waals surface area contributed by atoms with Gasteiger partial charge in [0.15, 0.2) is 11.5 Å². The Morgan fingerprint density at radius 1 is 1.04 bits per heavy atom. The van der Waals surface area contributed by atoms with Crippen molar-refractivity contribution < 1.29 is 18.6 Å². The molecule has 0 radical (unpaired) electrons. The molecule has 6 heteroatoms. The van der Waals surface area contributed by atoms with Gasteiger partial charge in [-0.15, -0.1) is 0 Å². The average Bonchev–Trinajstić information content (AvgIpc) is 2.60. The molecule has 0 aliphatic carbocycles. The normalized spacial score (nSPS) is 11.9. The standard InChI is InChI=1S/C18H21ClFNO3/c1-11(13-5-6-15(20)14(19)9-13)21-10-12-7-16(22-2)18(24-4)17(8-12)23-3/h5-9,11,21H,10H2,1-4H3. The third-order valence-corrected chi connectivity index (χ3v) is 4.07. The lowest BCUT2D eigenvalue weighted by atomic mass is 10.1. The summed E-state index contributed by atoms with van der Waals surface area (Å²) in [6.07, 6.45) is 0. The minimum Gasteiger partial charge on any atom is -0.493 e. The monoisotopic (exact) mass is 353 g/mol. The van der Waals surface area contributed by atoms with Crippen molar-refractivity contribution in [3.63, 3.8) is 0 Å². The summed E-state index contributed by atoms with van der Waals surface area (Å²) in [5.41, 5.74) is 1.89. The second-order valence-electron chi connectivity index (χ2n) is 5.31. The second kappa shape index (κ2) is 8.22. The van der Waals surface area contributed by atoms with E-state index in [1.807, 2.05) is 19.1 Å². The highest BCUT2D eigenvalue weighted by molar-refractivity contribution is 6.30. The summed E-state index contributed by atoms with van der Waals surface area (Å²) < 4.78 is 29.3. The molecule has 1 N–H and O–H groups in total. The number of halogens is 2. The van der Waals surface area contributed by atoms with E-state index in [4.69, 9.17) is 25.8 Å². The molecular weight excluding hydrogens is 333 g/mol. The molecule has 0 saturated carbocycles. The van der Waals surface area contributed by atoms with Crippen LogP contribution in [0, 0.1) is 5.82 Å². The second-order valence-corrected chi connectivity index (χ2v) is 5.72. The van der Waals surface area contributed by atoms with Crippen molar-refractivity contribution in [1.29, 1.82) is 0 Å². The average molecular weight is 354 g/mol. The fraction of sp³-hybridized carbons (Fsp3) is 0.333. The van der Waals surface area contributed by atoms with Gasteiger partial charge in [0.05, 0.1) is 26.4 Å². The number of nitrogens with one attached hydrogen (secondary N) is 1. The van der Waals surface area contributed by atoms with E-state index >= 15 is 0 Å². The molecule has 2 rings (SSSR count). The maximum Gasteiger partial charge on any atom is 0.203 e. The number of hydrogen-bond acceptors (Lipinski definition) is 4. The summed E-state index contributed by atoms with van der Waals surface area (Å²) in [6, 6.07) is 8.49. The predicted octanol–water partition coefficient (Wildman–Crippen LogP) is 4.36. The first-order valence-corrected chi connectivity index (χ1v) is 7.85. The van der Waals surface area contributed by atoms with Crippen molar-refractivity contribution in [2.24, 2.45) is 0 Å². The van der Waals surface area contributed by atoms with Crippen molar-refractivity contribution in [3.05, 3.63) is 52.3 Å². The highest BCUT2D eigenvalue weighted by atomic mass is 35.5. The van der Waals surface area contributed by atoms with Crippen LogP contribution in [0.5, 0.6) is 17.2 Å². The molecule has 1 atom stereocenters. The lowest BCUT2D eigenvalue weighted by Gasteiger charge is -2.17. The number of methoxy groups -OCH3 is 3. The number of rotatable bonds is 7. The number of benzene rings is 2. The fourth-order valence-corrected chi connectivity index (χ4v) is 2.60. The Morgan fingerprint density at radius 2 is 1.67 bits per heavy atom. The van der Waals surface area contributed by atoms with Gasteiger partial charge >= 0.3 is 0 Å². The third kappa shape index (κ3) is 4.10. The van der Waals surface area contributed by atoms with E-state index in [1.54, 1.807) is 33.5 Å². The topological polar surface area (TPSA) is 39.7 Å². The van der Waals surface area contributed by atoms with Gasteiger partial charge in [0.1, 0.15) is 5.82 Å². The highest BCUT2D eigenvalue weighted by Gasteiger charge is 2.14. The summed E-state index contributed by atoms with van der Waals surface area (Å²) in [5, 5.41) is 3.49. The molecule has 0 amide bonds. The predicted molar refractivity (Wildman–Crippen MR) is 92.8 cm³/mol. The van der Waals surface area contributed by atoms with Gasteiger partial charge in [-0.05, 0) is 42.3 Å². The third-order valence-electron chi connectivity index (χ3n) is 3.78. The molecule has 2 aromatic carbocycles. The molecule has 0 spiro atoms. The van der Waals surface area contributed by atoms with Crippen LogP contribution >= 0.6 is 11.6 Å². The molecular formula is C18H21ClFNO3. The van der Waals surface area contributed by atoms with Crippen LogP contribution in [0.2, 0.25) is 5.02 Å². The van der Waals surface area contributed by atoms with Crippen LogP contribution in [0.15, 0.2) is 30.3 Å². The first-order chi connectivity index (χ1) is 11.5. The van der Waals surface area contributed by atoms with Crippen molar-refractivity contribution in [3.8, 4) is 17.2 Å². The van der Waals surface area contributed by atoms with E-state index in [0.717, 1.165) is 11.1 Å². The minimum atomic E-state index is -0.419. The number of ether oxygens (including phenoxy) is 3. The maximum atomic E-state index is 13.3. The van der Waals surface area contributed by atoms with Crippen molar-refractivity contribution >= 4 is 11.6 Å². The molecule has 2 aromatic rings. The molecule has 0 fully saturated rings. The molecule has 0 bridgehead atoms. The molecule has 0 aliphatic rings. The molecule has 4 nitrogen and oxygen atoms in total. The van der Waals surface area contributed by atoms with Gasteiger partial charge in [0.2, 0.25) is 5.75 Å². The Kier molecular flexibility index (Phi) is 6.29. The Labute approximate surface area is 146 Å². The van der Waals surface area contributed by atoms with E-state index in [0.29, 0.717) is 23.8 Å². The van der Waals surface area contributed by atoms with E-state index in [9.17, 15) is 4.39 Å². The zero-order chi connectivity index (χ0) is 17.7. The summed E-state index contributed by atoms with van der Waals surface area (Å²) in [5.74, 6) is 1.34. The van der Waals surface area contributed by atoms with Gasteiger partial charge < -0.3 is 19.5 Å². The van der Waals surface area contributed by atoms with Gasteiger partial charge in [-0.3, -0.25) is 0 Å². The maximum absolute atomic E-state index is 13.3. The lowest BCUT2D eigenvalue weighted by Crippen LogP contribution is -2.18. The van der Waals surface area contributed by atoms with Crippen LogP contribution in [-0.2, 0) is 6.54 Å². The van der Waals surface area contributed by atoms with Crippen LogP contribution < -0.4 is 19.5 Å². The Morgan fingerprint density at radius 3 is 2.17 bits per heavy atom. The largest absolute Gasteiger partial charge is 0.493 e. The molecule has 0 aromatic heterocycles. The van der Waals surface area contributed by atoms with Crippen LogP contribution in [0.1, 0.15) is 24.1 Å². The van der Waals surface area contributed by atoms with E-state index in [2.05, 4.69) is 5.32 Å². The molecule has 0 aliphatic heterocycles. The molecule has 0 saturated heterocycles. The SMILES string of the molecule is COc1cc(CNC(C)c2ccc(F)c(Cl)c2)cc(OC)c1OC. The van der Waals surface area contributed by atoms with Crippen molar-refractivity contribution in [2.75, 3.05) is 21.3 Å². The van der Waals surface area contributed by atoms with Gasteiger partial charge in [-0.2, -0.15) is 0 Å². The summed E-state index contributed by atoms with van der Waals surface area (Å²) in [4.78, 5) is 0. The van der Waals surface area contributed by atoms with E-state index in [1.165, 1.54) is 6.07 Å². The first kappa shape index (κ1) is 18.4. The fourth-order valence-electron chi connectivity index (χ4n) is 2.41. The first-order valence-electron chi connectivity index (χ1n) is 7.47. The molecule has 24 heavy (non-hydrogen) atoms. The van der Waals surface area contributed by atoms with Crippen LogP contribution in [0.4, 0.5) is 4.39 Å². The lowest BCUT2D eigenvalue weighted by molar-refractivity contribution is 0.323. The van der Waals surface area contributed by atoms with Crippen molar-refractivity contribution in [2.45, 2.75) is 19.5 Å². The smallest absolute Gasteiger partial charge is 0.203 e. The summed E-state index contributed by atoms with van der Waals surface area (Å²) in [7, 11) is 4.73. The van der Waals surface area contributed by atoms with E-state index in [-0.39, 0.29) is 11.1 Å². The Hall–Kier alpha value is -1.98. The van der Waals surface area contributed by atoms with Crippen LogP contribution in [-0.4, -0.2) is 21.3 Å². The number of hydrogen-bond donors (Lipinski definition) is 1.